The van der Waals surface area contributed by atoms with Crippen LogP contribution in [0.4, 0.5) is 5.95 Å². The van der Waals surface area contributed by atoms with Gasteiger partial charge in [-0.2, -0.15) is 0 Å². The van der Waals surface area contributed by atoms with E-state index in [0.717, 1.165) is 18.4 Å². The third kappa shape index (κ3) is 3.85. The Morgan fingerprint density at radius 1 is 1.35 bits per heavy atom. The fourth-order valence-electron chi connectivity index (χ4n) is 2.91. The number of aromatic nitrogens is 4. The van der Waals surface area contributed by atoms with Gasteiger partial charge >= 0.3 is 0 Å². The topological polar surface area (TPSA) is 81.8 Å². The standard InChI is InChI=1S/C16H21N5O2/c1-12-7-8-20(15(23)9-12)10-14(22)18-16-17-11-21(19-16)13-5-3-2-4-6-13/h7-9,11,13H,2-6,10H2,1H3,(H,18,19,22). The molecule has 1 amide bonds. The summed E-state index contributed by atoms with van der Waals surface area (Å²) in [6, 6.07) is 3.68. The number of nitrogens with one attached hydrogen (secondary N) is 1. The molecule has 0 aromatic carbocycles. The largest absolute Gasteiger partial charge is 0.306 e. The molecule has 0 saturated heterocycles. The van der Waals surface area contributed by atoms with Crippen molar-refractivity contribution in [3.63, 3.8) is 0 Å². The molecule has 1 N–H and O–H groups in total. The number of rotatable bonds is 4. The van der Waals surface area contributed by atoms with Crippen LogP contribution >= 0.6 is 0 Å². The number of hydrogen-bond donors (Lipinski definition) is 1. The Bertz CT molecular complexity index is 743. The zero-order valence-corrected chi connectivity index (χ0v) is 13.2. The van der Waals surface area contributed by atoms with E-state index in [-0.39, 0.29) is 18.0 Å². The number of aryl methyl sites for hydroxylation is 1. The van der Waals surface area contributed by atoms with Gasteiger partial charge in [-0.15, -0.1) is 5.10 Å². The minimum absolute atomic E-state index is 0.0446. The zero-order valence-electron chi connectivity index (χ0n) is 13.2. The lowest BCUT2D eigenvalue weighted by Gasteiger charge is -2.21. The molecule has 0 radical (unpaired) electrons. The molecule has 2 aromatic heterocycles. The fourth-order valence-corrected chi connectivity index (χ4v) is 2.91. The van der Waals surface area contributed by atoms with Crippen LogP contribution in [0.2, 0.25) is 0 Å². The van der Waals surface area contributed by atoms with Crippen molar-refractivity contribution in [2.75, 3.05) is 5.32 Å². The van der Waals surface area contributed by atoms with E-state index in [1.54, 1.807) is 18.6 Å². The summed E-state index contributed by atoms with van der Waals surface area (Å²) in [5, 5.41) is 6.99. The first kappa shape index (κ1) is 15.5. The molecule has 2 aromatic rings. The van der Waals surface area contributed by atoms with Crippen LogP contribution in [0.5, 0.6) is 0 Å². The van der Waals surface area contributed by atoms with E-state index < -0.39 is 0 Å². The van der Waals surface area contributed by atoms with Gasteiger partial charge in [-0.3, -0.25) is 14.9 Å². The van der Waals surface area contributed by atoms with Crippen molar-refractivity contribution in [2.45, 2.75) is 51.6 Å². The predicted octanol–water partition coefficient (Wildman–Crippen LogP) is 1.89. The molecule has 3 rings (SSSR count). The monoisotopic (exact) mass is 315 g/mol. The van der Waals surface area contributed by atoms with Crippen LogP contribution in [0, 0.1) is 6.92 Å². The molecular weight excluding hydrogens is 294 g/mol. The number of pyridine rings is 1. The fraction of sp³-hybridized carbons (Fsp3) is 0.500. The van der Waals surface area contributed by atoms with E-state index in [9.17, 15) is 9.59 Å². The average molecular weight is 315 g/mol. The van der Waals surface area contributed by atoms with Gasteiger partial charge in [0.05, 0.1) is 6.04 Å². The first-order chi connectivity index (χ1) is 11.1. The molecule has 7 heteroatoms. The first-order valence-electron chi connectivity index (χ1n) is 8.00. The van der Waals surface area contributed by atoms with E-state index in [4.69, 9.17) is 0 Å². The molecule has 0 spiro atoms. The third-order valence-electron chi connectivity index (χ3n) is 4.17. The number of carbonyl (C=O) groups excluding carboxylic acids is 1. The van der Waals surface area contributed by atoms with Gasteiger partial charge in [0, 0.05) is 12.3 Å². The van der Waals surface area contributed by atoms with Crippen molar-refractivity contribution in [2.24, 2.45) is 0 Å². The quantitative estimate of drug-likeness (QED) is 0.934. The zero-order chi connectivity index (χ0) is 16.2. The van der Waals surface area contributed by atoms with Gasteiger partial charge in [0.15, 0.2) is 0 Å². The molecule has 122 valence electrons. The summed E-state index contributed by atoms with van der Waals surface area (Å²) >= 11 is 0. The molecular formula is C16H21N5O2. The molecule has 0 aliphatic heterocycles. The SMILES string of the molecule is Cc1ccn(CC(=O)Nc2ncn(C3CCCCC3)n2)c(=O)c1. The van der Waals surface area contributed by atoms with Gasteiger partial charge in [0.25, 0.3) is 5.56 Å². The van der Waals surface area contributed by atoms with E-state index >= 15 is 0 Å². The molecule has 0 bridgehead atoms. The van der Waals surface area contributed by atoms with Crippen LogP contribution < -0.4 is 10.9 Å². The first-order valence-corrected chi connectivity index (χ1v) is 8.00. The van der Waals surface area contributed by atoms with E-state index in [0.29, 0.717) is 12.0 Å². The van der Waals surface area contributed by atoms with Crippen molar-refractivity contribution in [1.82, 2.24) is 19.3 Å². The number of amides is 1. The van der Waals surface area contributed by atoms with E-state index in [1.807, 2.05) is 11.6 Å². The number of anilines is 1. The van der Waals surface area contributed by atoms with Gasteiger partial charge in [0.1, 0.15) is 12.9 Å². The van der Waals surface area contributed by atoms with Crippen molar-refractivity contribution in [3.05, 3.63) is 40.6 Å². The van der Waals surface area contributed by atoms with Gasteiger partial charge < -0.3 is 4.57 Å². The van der Waals surface area contributed by atoms with Gasteiger partial charge in [-0.05, 0) is 31.4 Å². The van der Waals surface area contributed by atoms with Gasteiger partial charge in [-0.25, -0.2) is 9.67 Å². The van der Waals surface area contributed by atoms with Crippen LogP contribution in [0.15, 0.2) is 29.5 Å². The summed E-state index contributed by atoms with van der Waals surface area (Å²) in [6.07, 6.45) is 9.20. The summed E-state index contributed by atoms with van der Waals surface area (Å²) < 4.78 is 3.20. The third-order valence-corrected chi connectivity index (χ3v) is 4.17. The smallest absolute Gasteiger partial charge is 0.251 e. The second kappa shape index (κ2) is 6.76. The molecule has 23 heavy (non-hydrogen) atoms. The Morgan fingerprint density at radius 3 is 2.87 bits per heavy atom. The second-order valence-corrected chi connectivity index (χ2v) is 6.06. The van der Waals surface area contributed by atoms with Gasteiger partial charge in [0.2, 0.25) is 11.9 Å². The van der Waals surface area contributed by atoms with Crippen molar-refractivity contribution in [3.8, 4) is 0 Å². The second-order valence-electron chi connectivity index (χ2n) is 6.06. The normalized spacial score (nSPS) is 15.5. The lowest BCUT2D eigenvalue weighted by Crippen LogP contribution is -2.27. The Kier molecular flexibility index (Phi) is 4.55. The van der Waals surface area contributed by atoms with Crippen LogP contribution in [-0.2, 0) is 11.3 Å². The van der Waals surface area contributed by atoms with Crippen LogP contribution in [0.3, 0.4) is 0 Å². The minimum atomic E-state index is -0.308. The van der Waals surface area contributed by atoms with E-state index in [1.165, 1.54) is 29.9 Å². The summed E-state index contributed by atoms with van der Waals surface area (Å²) in [5.41, 5.74) is 0.681. The minimum Gasteiger partial charge on any atom is -0.306 e. The highest BCUT2D eigenvalue weighted by Crippen LogP contribution is 2.27. The summed E-state index contributed by atoms with van der Waals surface area (Å²) in [5.74, 6) is -0.0157. The van der Waals surface area contributed by atoms with Crippen molar-refractivity contribution < 1.29 is 4.79 Å². The molecule has 1 aliphatic carbocycles. The van der Waals surface area contributed by atoms with E-state index in [2.05, 4.69) is 15.4 Å². The Balaban J connectivity index is 1.61. The number of nitrogens with zero attached hydrogens (tertiary/aromatic N) is 4. The molecule has 1 aliphatic rings. The van der Waals surface area contributed by atoms with Crippen LogP contribution in [-0.4, -0.2) is 25.2 Å². The van der Waals surface area contributed by atoms with Crippen LogP contribution in [0.1, 0.15) is 43.7 Å². The van der Waals surface area contributed by atoms with Crippen molar-refractivity contribution in [1.29, 1.82) is 0 Å². The van der Waals surface area contributed by atoms with Gasteiger partial charge in [-0.1, -0.05) is 19.3 Å². The molecule has 0 atom stereocenters. The highest BCUT2D eigenvalue weighted by Gasteiger charge is 2.17. The summed E-state index contributed by atoms with van der Waals surface area (Å²) in [7, 11) is 0. The summed E-state index contributed by atoms with van der Waals surface area (Å²) in [4.78, 5) is 28.0. The Hall–Kier alpha value is -2.44. The highest BCUT2D eigenvalue weighted by atomic mass is 16.2. The molecule has 0 unspecified atom stereocenters. The Labute approximate surface area is 134 Å². The molecule has 7 nitrogen and oxygen atoms in total. The highest BCUT2D eigenvalue weighted by molar-refractivity contribution is 5.88. The maximum absolute atomic E-state index is 12.0. The number of carbonyl (C=O) groups is 1. The molecule has 1 fully saturated rings. The average Bonchev–Trinajstić information content (AvgIpc) is 2.99. The van der Waals surface area contributed by atoms with Crippen molar-refractivity contribution >= 4 is 11.9 Å². The predicted molar refractivity (Wildman–Crippen MR) is 86.2 cm³/mol. The molecule has 2 heterocycles. The summed E-state index contributed by atoms with van der Waals surface area (Å²) in [6.45, 7) is 1.80. The lowest BCUT2D eigenvalue weighted by molar-refractivity contribution is -0.116. The maximum Gasteiger partial charge on any atom is 0.251 e. The molecule has 1 saturated carbocycles. The maximum atomic E-state index is 12.0. The van der Waals surface area contributed by atoms with Crippen LogP contribution in [0.25, 0.3) is 0 Å². The number of hydrogen-bond acceptors (Lipinski definition) is 4. The lowest BCUT2D eigenvalue weighted by atomic mass is 9.96. The Morgan fingerprint density at radius 2 is 2.13 bits per heavy atom.